The number of benzene rings is 2. The molecule has 0 bridgehead atoms. The third-order valence-corrected chi connectivity index (χ3v) is 3.36. The van der Waals surface area contributed by atoms with Crippen LogP contribution in [0.4, 0.5) is 29.3 Å². The van der Waals surface area contributed by atoms with Crippen LogP contribution in [0.1, 0.15) is 26.3 Å². The Hall–Kier alpha value is -3.10. The molecule has 2 aromatic rings. The molecule has 0 saturated heterocycles. The van der Waals surface area contributed by atoms with Gasteiger partial charge in [0.05, 0.1) is 16.1 Å². The van der Waals surface area contributed by atoms with Crippen molar-refractivity contribution in [2.24, 2.45) is 0 Å². The van der Waals surface area contributed by atoms with E-state index in [0.717, 1.165) is 12.1 Å². The third-order valence-electron chi connectivity index (χ3n) is 3.36. The molecule has 2 rings (SSSR count). The number of nitrogens with one attached hydrogen (secondary N) is 1. The Bertz CT molecular complexity index is 856. The molecule has 0 aromatic heterocycles. The molecule has 0 radical (unpaired) electrons. The van der Waals surface area contributed by atoms with E-state index in [2.05, 4.69) is 5.32 Å². The maximum absolute atomic E-state index is 12.8. The molecule has 0 aliphatic rings. The van der Waals surface area contributed by atoms with Gasteiger partial charge in [-0.15, -0.1) is 0 Å². The summed E-state index contributed by atoms with van der Waals surface area (Å²) in [4.78, 5) is 22.0. The van der Waals surface area contributed by atoms with Gasteiger partial charge in [-0.25, -0.2) is 4.79 Å². The van der Waals surface area contributed by atoms with Gasteiger partial charge in [-0.1, -0.05) is 12.1 Å². The van der Waals surface area contributed by atoms with E-state index >= 15 is 0 Å². The Morgan fingerprint density at radius 3 is 2.15 bits per heavy atom. The molecule has 0 spiro atoms. The molecule has 1 N–H and O–H groups in total. The number of hydrogen-bond donors (Lipinski definition) is 1. The van der Waals surface area contributed by atoms with Gasteiger partial charge in [0, 0.05) is 11.8 Å². The Labute approximate surface area is 153 Å². The first kappa shape index (κ1) is 20.2. The van der Waals surface area contributed by atoms with Crippen LogP contribution in [0.25, 0.3) is 11.1 Å². The van der Waals surface area contributed by atoms with Crippen molar-refractivity contribution in [2.45, 2.75) is 32.5 Å². The third kappa shape index (κ3) is 5.44. The summed E-state index contributed by atoms with van der Waals surface area (Å²) in [6.45, 7) is 5.12. The standard InChI is InChI=1S/C18H17F3N2O4/c1-17(2,3)27-16(24)22-13-7-4-11(5-8-13)14-9-6-12(18(19,20)21)10-15(14)23(25)26/h4-10H,1-3H3,(H,22,24). The number of nitro groups is 1. The molecule has 6 nitrogen and oxygen atoms in total. The van der Waals surface area contributed by atoms with Crippen molar-refractivity contribution in [3.05, 3.63) is 58.1 Å². The number of nitrogens with zero attached hydrogens (tertiary/aromatic N) is 1. The van der Waals surface area contributed by atoms with E-state index in [1.165, 1.54) is 24.3 Å². The number of nitro benzene ring substituents is 1. The van der Waals surface area contributed by atoms with Crippen LogP contribution in [0, 0.1) is 10.1 Å². The Morgan fingerprint density at radius 1 is 1.07 bits per heavy atom. The average molecular weight is 382 g/mol. The molecule has 27 heavy (non-hydrogen) atoms. The van der Waals surface area contributed by atoms with Gasteiger partial charge in [-0.2, -0.15) is 13.2 Å². The van der Waals surface area contributed by atoms with E-state index in [9.17, 15) is 28.1 Å². The summed E-state index contributed by atoms with van der Waals surface area (Å²) in [6.07, 6.45) is -5.35. The van der Waals surface area contributed by atoms with Gasteiger partial charge < -0.3 is 4.74 Å². The second-order valence-electron chi connectivity index (χ2n) is 6.69. The van der Waals surface area contributed by atoms with Crippen molar-refractivity contribution < 1.29 is 27.6 Å². The largest absolute Gasteiger partial charge is 0.444 e. The van der Waals surface area contributed by atoms with E-state index in [-0.39, 0.29) is 5.56 Å². The predicted molar refractivity (Wildman–Crippen MR) is 93.4 cm³/mol. The van der Waals surface area contributed by atoms with Crippen LogP contribution in [0.2, 0.25) is 0 Å². The summed E-state index contributed by atoms with van der Waals surface area (Å²) in [5.41, 5.74) is -1.67. The number of carbonyl (C=O) groups is 1. The second kappa shape index (κ2) is 7.26. The van der Waals surface area contributed by atoms with Crippen molar-refractivity contribution in [2.75, 3.05) is 5.32 Å². The summed E-state index contributed by atoms with van der Waals surface area (Å²) < 4.78 is 43.5. The molecular formula is C18H17F3N2O4. The zero-order chi connectivity index (χ0) is 20.4. The van der Waals surface area contributed by atoms with Gasteiger partial charge in [0.1, 0.15) is 5.60 Å². The summed E-state index contributed by atoms with van der Waals surface area (Å²) in [5.74, 6) is 0. The summed E-state index contributed by atoms with van der Waals surface area (Å²) in [5, 5.41) is 13.7. The second-order valence-corrected chi connectivity index (χ2v) is 6.69. The lowest BCUT2D eigenvalue weighted by Gasteiger charge is -2.19. The van der Waals surface area contributed by atoms with Crippen LogP contribution < -0.4 is 5.32 Å². The minimum atomic E-state index is -4.68. The Kier molecular flexibility index (Phi) is 5.43. The zero-order valence-corrected chi connectivity index (χ0v) is 14.8. The number of ether oxygens (including phenoxy) is 1. The Balaban J connectivity index is 2.29. The fraction of sp³-hybridized carbons (Fsp3) is 0.278. The van der Waals surface area contributed by atoms with E-state index < -0.39 is 34.0 Å². The zero-order valence-electron chi connectivity index (χ0n) is 14.8. The summed E-state index contributed by atoms with van der Waals surface area (Å²) in [7, 11) is 0. The fourth-order valence-corrected chi connectivity index (χ4v) is 2.26. The van der Waals surface area contributed by atoms with Gasteiger partial charge in [0.25, 0.3) is 5.69 Å². The van der Waals surface area contributed by atoms with Gasteiger partial charge >= 0.3 is 12.3 Å². The molecule has 0 aliphatic carbocycles. The molecule has 2 aromatic carbocycles. The maximum atomic E-state index is 12.8. The number of carbonyl (C=O) groups excluding carboxylic acids is 1. The minimum absolute atomic E-state index is 0.0387. The topological polar surface area (TPSA) is 81.5 Å². The van der Waals surface area contributed by atoms with Gasteiger partial charge in [0.2, 0.25) is 0 Å². The lowest BCUT2D eigenvalue weighted by molar-refractivity contribution is -0.384. The molecule has 0 aliphatic heterocycles. The lowest BCUT2D eigenvalue weighted by atomic mass is 10.0. The molecule has 0 saturated carbocycles. The number of anilines is 1. The van der Waals surface area contributed by atoms with E-state index in [1.54, 1.807) is 20.8 Å². The van der Waals surface area contributed by atoms with Crippen LogP contribution in [0.3, 0.4) is 0 Å². The van der Waals surface area contributed by atoms with Gasteiger partial charge in [-0.3, -0.25) is 15.4 Å². The molecule has 1 amide bonds. The number of halogens is 3. The van der Waals surface area contributed by atoms with E-state index in [1.807, 2.05) is 0 Å². The number of amides is 1. The van der Waals surface area contributed by atoms with Crippen LogP contribution in [-0.4, -0.2) is 16.6 Å². The molecule has 0 heterocycles. The summed E-state index contributed by atoms with van der Waals surface area (Å²) in [6, 6.07) is 8.21. The van der Waals surface area contributed by atoms with Crippen molar-refractivity contribution in [1.29, 1.82) is 0 Å². The van der Waals surface area contributed by atoms with Crippen molar-refractivity contribution in [3.8, 4) is 11.1 Å². The summed E-state index contributed by atoms with van der Waals surface area (Å²) >= 11 is 0. The Morgan fingerprint density at radius 2 is 1.67 bits per heavy atom. The molecule has 0 atom stereocenters. The average Bonchev–Trinajstić information content (AvgIpc) is 2.52. The molecule has 144 valence electrons. The first-order chi connectivity index (χ1) is 12.4. The van der Waals surface area contributed by atoms with Crippen molar-refractivity contribution >= 4 is 17.5 Å². The number of rotatable bonds is 3. The maximum Gasteiger partial charge on any atom is 0.416 e. The molecular weight excluding hydrogens is 365 g/mol. The normalized spacial score (nSPS) is 11.8. The van der Waals surface area contributed by atoms with Gasteiger partial charge in [0.15, 0.2) is 0 Å². The smallest absolute Gasteiger partial charge is 0.416 e. The quantitative estimate of drug-likeness (QED) is 0.551. The van der Waals surface area contributed by atoms with Crippen LogP contribution in [-0.2, 0) is 10.9 Å². The highest BCUT2D eigenvalue weighted by molar-refractivity contribution is 5.85. The van der Waals surface area contributed by atoms with Crippen LogP contribution in [0.15, 0.2) is 42.5 Å². The number of hydrogen-bond acceptors (Lipinski definition) is 4. The molecule has 0 unspecified atom stereocenters. The van der Waals surface area contributed by atoms with Gasteiger partial charge in [-0.05, 0) is 50.6 Å². The lowest BCUT2D eigenvalue weighted by Crippen LogP contribution is -2.27. The predicted octanol–water partition coefficient (Wildman–Crippen LogP) is 5.63. The van der Waals surface area contributed by atoms with Crippen molar-refractivity contribution in [1.82, 2.24) is 0 Å². The first-order valence-electron chi connectivity index (χ1n) is 7.83. The van der Waals surface area contributed by atoms with E-state index in [0.29, 0.717) is 17.3 Å². The highest BCUT2D eigenvalue weighted by Crippen LogP contribution is 2.37. The minimum Gasteiger partial charge on any atom is -0.444 e. The fourth-order valence-electron chi connectivity index (χ4n) is 2.26. The SMILES string of the molecule is CC(C)(C)OC(=O)Nc1ccc(-c2ccc(C(F)(F)F)cc2[N+](=O)[O-])cc1. The van der Waals surface area contributed by atoms with Crippen LogP contribution >= 0.6 is 0 Å². The monoisotopic (exact) mass is 382 g/mol. The highest BCUT2D eigenvalue weighted by Gasteiger charge is 2.33. The molecule has 0 fully saturated rings. The van der Waals surface area contributed by atoms with Crippen LogP contribution in [0.5, 0.6) is 0 Å². The highest BCUT2D eigenvalue weighted by atomic mass is 19.4. The first-order valence-corrected chi connectivity index (χ1v) is 7.83. The van der Waals surface area contributed by atoms with E-state index in [4.69, 9.17) is 4.74 Å². The molecule has 9 heteroatoms. The van der Waals surface area contributed by atoms with Crippen molar-refractivity contribution in [3.63, 3.8) is 0 Å². The number of alkyl halides is 3.